The fraction of sp³-hybridized carbons (Fsp3) is 0.150. The van der Waals surface area contributed by atoms with Crippen LogP contribution in [-0.2, 0) is 19.3 Å². The number of halogens is 1. The van der Waals surface area contributed by atoms with Crippen molar-refractivity contribution in [1.82, 2.24) is 9.78 Å². The van der Waals surface area contributed by atoms with Gasteiger partial charge in [0.15, 0.2) is 15.5 Å². The van der Waals surface area contributed by atoms with Crippen LogP contribution in [0.1, 0.15) is 20.8 Å². The van der Waals surface area contributed by atoms with Gasteiger partial charge in [-0.2, -0.15) is 5.10 Å². The zero-order valence-corrected chi connectivity index (χ0v) is 18.7. The predicted octanol–water partition coefficient (Wildman–Crippen LogP) is 3.28. The van der Waals surface area contributed by atoms with Gasteiger partial charge in [-0.3, -0.25) is 0 Å². The van der Waals surface area contributed by atoms with Crippen LogP contribution in [0.15, 0.2) is 57.9 Å². The van der Waals surface area contributed by atoms with E-state index in [4.69, 9.17) is 9.47 Å². The molecule has 0 bridgehead atoms. The molecule has 2 aromatic carbocycles. The first-order chi connectivity index (χ1) is 14.2. The Morgan fingerprint density at radius 1 is 1.00 bits per heavy atom. The number of aromatic nitrogens is 2. The summed E-state index contributed by atoms with van der Waals surface area (Å²) in [5.41, 5.74) is 0.892. The van der Waals surface area contributed by atoms with Gasteiger partial charge in [0.1, 0.15) is 11.3 Å². The molecule has 0 aliphatic carbocycles. The van der Waals surface area contributed by atoms with Crippen LogP contribution in [0.4, 0.5) is 0 Å². The molecular formula is C20H17BrN2O6S. The number of para-hydroxylation sites is 1. The second-order valence-electron chi connectivity index (χ2n) is 6.22. The van der Waals surface area contributed by atoms with Crippen molar-refractivity contribution in [3.8, 4) is 16.9 Å². The summed E-state index contributed by atoms with van der Waals surface area (Å²) in [4.78, 5) is 25.3. The topological polar surface area (TPSA) is 105 Å². The van der Waals surface area contributed by atoms with Crippen LogP contribution >= 0.6 is 15.9 Å². The highest BCUT2D eigenvalue weighted by Crippen LogP contribution is 2.33. The Balaban J connectivity index is 2.35. The highest BCUT2D eigenvalue weighted by Gasteiger charge is 2.31. The van der Waals surface area contributed by atoms with Gasteiger partial charge in [0.2, 0.25) is 0 Å². The molecule has 0 radical (unpaired) electrons. The molecule has 156 valence electrons. The molecule has 30 heavy (non-hydrogen) atoms. The molecule has 0 fully saturated rings. The first kappa shape index (κ1) is 21.7. The molecule has 0 saturated carbocycles. The summed E-state index contributed by atoms with van der Waals surface area (Å²) in [6.45, 7) is 0. The summed E-state index contributed by atoms with van der Waals surface area (Å²) in [6.07, 6.45) is 1.09. The van der Waals surface area contributed by atoms with E-state index in [1.54, 1.807) is 30.3 Å². The van der Waals surface area contributed by atoms with Crippen molar-refractivity contribution in [3.63, 3.8) is 0 Å². The Kier molecular flexibility index (Phi) is 6.09. The van der Waals surface area contributed by atoms with Crippen LogP contribution in [-0.4, -0.2) is 50.6 Å². The fourth-order valence-corrected chi connectivity index (χ4v) is 4.89. The highest BCUT2D eigenvalue weighted by atomic mass is 79.9. The third-order valence-electron chi connectivity index (χ3n) is 4.26. The van der Waals surface area contributed by atoms with Crippen molar-refractivity contribution in [3.05, 3.63) is 64.3 Å². The van der Waals surface area contributed by atoms with Crippen molar-refractivity contribution in [1.29, 1.82) is 0 Å². The van der Waals surface area contributed by atoms with Gasteiger partial charge in [0.25, 0.3) is 0 Å². The monoisotopic (exact) mass is 492 g/mol. The van der Waals surface area contributed by atoms with Crippen molar-refractivity contribution in [2.24, 2.45) is 0 Å². The zero-order chi connectivity index (χ0) is 22.1. The number of nitrogens with zero attached hydrogens (tertiary/aromatic N) is 2. The van der Waals surface area contributed by atoms with E-state index in [0.717, 1.165) is 6.26 Å². The molecule has 0 aliphatic rings. The third-order valence-corrected chi connectivity index (χ3v) is 6.33. The number of methoxy groups -OCH3 is 2. The molecule has 0 amide bonds. The Bertz CT molecular complexity index is 1240. The largest absolute Gasteiger partial charge is 0.465 e. The predicted molar refractivity (Wildman–Crippen MR) is 112 cm³/mol. The summed E-state index contributed by atoms with van der Waals surface area (Å²) in [6, 6.07) is 13.2. The van der Waals surface area contributed by atoms with Crippen LogP contribution in [0, 0.1) is 0 Å². The number of benzene rings is 2. The Morgan fingerprint density at radius 2 is 1.63 bits per heavy atom. The van der Waals surface area contributed by atoms with Gasteiger partial charge < -0.3 is 9.47 Å². The Hall–Kier alpha value is -2.98. The molecular weight excluding hydrogens is 476 g/mol. The molecule has 0 N–H and O–H groups in total. The maximum Gasteiger partial charge on any atom is 0.357 e. The van der Waals surface area contributed by atoms with Crippen LogP contribution in [0.2, 0.25) is 0 Å². The van der Waals surface area contributed by atoms with Crippen LogP contribution in [0.5, 0.6) is 0 Å². The highest BCUT2D eigenvalue weighted by molar-refractivity contribution is 9.10. The Morgan fingerprint density at radius 3 is 2.17 bits per heavy atom. The van der Waals surface area contributed by atoms with Crippen LogP contribution < -0.4 is 0 Å². The minimum absolute atomic E-state index is 0.0848. The van der Waals surface area contributed by atoms with E-state index in [1.165, 1.54) is 37.1 Å². The average molecular weight is 493 g/mol. The van der Waals surface area contributed by atoms with E-state index in [9.17, 15) is 18.0 Å². The normalized spacial score (nSPS) is 11.2. The lowest BCUT2D eigenvalue weighted by molar-refractivity contribution is 0.0549. The van der Waals surface area contributed by atoms with Crippen molar-refractivity contribution in [2.45, 2.75) is 4.90 Å². The van der Waals surface area contributed by atoms with Crippen molar-refractivity contribution < 1.29 is 27.5 Å². The van der Waals surface area contributed by atoms with Gasteiger partial charge in [-0.15, -0.1) is 0 Å². The van der Waals surface area contributed by atoms with Crippen LogP contribution in [0.3, 0.4) is 0 Å². The summed E-state index contributed by atoms with van der Waals surface area (Å²) in [5.74, 6) is -1.55. The molecule has 0 spiro atoms. The molecule has 0 saturated heterocycles. The van der Waals surface area contributed by atoms with E-state index in [1.807, 2.05) is 0 Å². The second kappa shape index (κ2) is 8.41. The number of hydrogen-bond donors (Lipinski definition) is 0. The van der Waals surface area contributed by atoms with Gasteiger partial charge in [0.05, 0.1) is 24.8 Å². The molecule has 0 unspecified atom stereocenters. The maximum absolute atomic E-state index is 12.6. The first-order valence-electron chi connectivity index (χ1n) is 8.54. The smallest absolute Gasteiger partial charge is 0.357 e. The Labute approximate surface area is 181 Å². The summed E-state index contributed by atoms with van der Waals surface area (Å²) in [7, 11) is -1.08. The molecule has 1 heterocycles. The quantitative estimate of drug-likeness (QED) is 0.503. The van der Waals surface area contributed by atoms with Crippen molar-refractivity contribution in [2.75, 3.05) is 20.5 Å². The van der Waals surface area contributed by atoms with Crippen LogP contribution in [0.25, 0.3) is 16.9 Å². The van der Waals surface area contributed by atoms with E-state index in [2.05, 4.69) is 21.0 Å². The second-order valence-corrected chi connectivity index (χ2v) is 9.06. The van der Waals surface area contributed by atoms with E-state index < -0.39 is 21.8 Å². The third kappa shape index (κ3) is 4.01. The maximum atomic E-state index is 12.6. The number of carbonyl (C=O) groups is 2. The van der Waals surface area contributed by atoms with Gasteiger partial charge in [-0.05, 0) is 40.2 Å². The molecule has 10 heteroatoms. The zero-order valence-electron chi connectivity index (χ0n) is 16.2. The minimum Gasteiger partial charge on any atom is -0.465 e. The summed E-state index contributed by atoms with van der Waals surface area (Å²) < 4.78 is 35.2. The lowest BCUT2D eigenvalue weighted by Crippen LogP contribution is -2.15. The first-order valence-corrected chi connectivity index (χ1v) is 11.2. The molecule has 0 aliphatic heterocycles. The fourth-order valence-electron chi connectivity index (χ4n) is 2.91. The number of hydrogen-bond acceptors (Lipinski definition) is 7. The van der Waals surface area contributed by atoms with Crippen molar-refractivity contribution >= 4 is 37.7 Å². The number of sulfone groups is 1. The SMILES string of the molecule is COC(=O)c1c(-c2ccc(S(C)(=O)=O)c(Br)c2)nn(-c2ccccc2)c1C(=O)OC. The average Bonchev–Trinajstić information content (AvgIpc) is 3.13. The minimum atomic E-state index is -3.47. The summed E-state index contributed by atoms with van der Waals surface area (Å²) >= 11 is 3.25. The number of carbonyl (C=O) groups excluding carboxylic acids is 2. The lowest BCUT2D eigenvalue weighted by atomic mass is 10.1. The molecule has 3 aromatic rings. The van der Waals surface area contributed by atoms with Gasteiger partial charge in [0, 0.05) is 16.3 Å². The van der Waals surface area contributed by atoms with E-state index in [0.29, 0.717) is 15.7 Å². The van der Waals surface area contributed by atoms with E-state index in [-0.39, 0.29) is 21.8 Å². The van der Waals surface area contributed by atoms with Gasteiger partial charge >= 0.3 is 11.9 Å². The standard InChI is InChI=1S/C20H17BrN2O6S/c1-28-19(24)16-17(12-9-10-15(14(21)11-12)30(3,26)27)22-23(18(16)20(25)29-2)13-7-5-4-6-8-13/h4-11H,1-3H3. The molecule has 1 aromatic heterocycles. The van der Waals surface area contributed by atoms with Gasteiger partial charge in [-0.1, -0.05) is 24.3 Å². The molecule has 8 nitrogen and oxygen atoms in total. The van der Waals surface area contributed by atoms with E-state index >= 15 is 0 Å². The summed E-state index contributed by atoms with van der Waals surface area (Å²) in [5, 5.41) is 4.47. The van der Waals surface area contributed by atoms with Gasteiger partial charge in [-0.25, -0.2) is 22.7 Å². The lowest BCUT2D eigenvalue weighted by Gasteiger charge is -2.07. The number of ether oxygens (including phenoxy) is 2. The number of rotatable bonds is 5. The molecule has 0 atom stereocenters. The number of esters is 2. The molecule has 3 rings (SSSR count).